The van der Waals surface area contributed by atoms with Crippen molar-refractivity contribution in [1.82, 2.24) is 19.9 Å². The highest BCUT2D eigenvalue weighted by Crippen LogP contribution is 2.38. The van der Waals surface area contributed by atoms with Crippen LogP contribution in [0.2, 0.25) is 0 Å². The zero-order valence-corrected chi connectivity index (χ0v) is 27.3. The van der Waals surface area contributed by atoms with Crippen LogP contribution in [0.15, 0.2) is 121 Å². The third-order valence-corrected chi connectivity index (χ3v) is 9.21. The van der Waals surface area contributed by atoms with E-state index in [2.05, 4.69) is 9.97 Å². The van der Waals surface area contributed by atoms with Gasteiger partial charge in [0.15, 0.2) is 0 Å². The molecule has 2 N–H and O–H groups in total. The molecule has 0 fully saturated rings. The van der Waals surface area contributed by atoms with Gasteiger partial charge in [-0.3, -0.25) is 0 Å². The lowest BCUT2D eigenvalue weighted by molar-refractivity contribution is 0.628. The van der Waals surface area contributed by atoms with E-state index in [4.69, 9.17) is 9.97 Å². The lowest BCUT2D eigenvalue weighted by Crippen LogP contribution is -1.90. The van der Waals surface area contributed by atoms with E-state index < -0.39 is 23.3 Å². The van der Waals surface area contributed by atoms with Crippen LogP contribution in [0.25, 0.3) is 90.9 Å². The van der Waals surface area contributed by atoms with Crippen LogP contribution in [0, 0.1) is 23.3 Å². The fourth-order valence-electron chi connectivity index (χ4n) is 7.00. The molecule has 0 unspecified atom stereocenters. The molecule has 5 heterocycles. The first-order chi connectivity index (χ1) is 25.4. The lowest BCUT2D eigenvalue weighted by atomic mass is 10.0. The molecule has 2 aliphatic rings. The minimum atomic E-state index is -0.410. The summed E-state index contributed by atoms with van der Waals surface area (Å²) < 4.78 is 59.1. The first-order valence-corrected chi connectivity index (χ1v) is 16.6. The van der Waals surface area contributed by atoms with Gasteiger partial charge in [-0.15, -0.1) is 0 Å². The van der Waals surface area contributed by atoms with Crippen molar-refractivity contribution < 1.29 is 17.6 Å². The van der Waals surface area contributed by atoms with Crippen LogP contribution in [0.3, 0.4) is 0 Å². The Bertz CT molecular complexity index is 2440. The van der Waals surface area contributed by atoms with Gasteiger partial charge in [0.1, 0.15) is 23.3 Å². The van der Waals surface area contributed by atoms with Crippen LogP contribution in [0.1, 0.15) is 22.8 Å². The van der Waals surface area contributed by atoms with E-state index in [1.165, 1.54) is 48.5 Å². The fourth-order valence-corrected chi connectivity index (χ4v) is 7.00. The molecule has 0 atom stereocenters. The molecule has 0 amide bonds. The SMILES string of the molecule is Fc1cccc(-c2c3nc(c(-c4cccc(F)c4)c4ccc([nH]4)c(-c4cccc(F)c4)c4nc(c(-c5cccc(F)c5)c5ccc2[nH]5)C=C4)C=C3)c1. The summed E-state index contributed by atoms with van der Waals surface area (Å²) in [7, 11) is 0. The van der Waals surface area contributed by atoms with E-state index in [0.29, 0.717) is 89.4 Å². The van der Waals surface area contributed by atoms with Gasteiger partial charge in [0.2, 0.25) is 0 Å². The number of nitrogens with one attached hydrogen (secondary N) is 2. The van der Waals surface area contributed by atoms with Gasteiger partial charge < -0.3 is 9.97 Å². The Kier molecular flexibility index (Phi) is 7.51. The lowest BCUT2D eigenvalue weighted by Gasteiger charge is -2.07. The number of rotatable bonds is 4. The van der Waals surface area contributed by atoms with Crippen LogP contribution >= 0.6 is 0 Å². The van der Waals surface area contributed by atoms with Gasteiger partial charge in [0, 0.05) is 44.3 Å². The molecule has 0 aliphatic carbocycles. The van der Waals surface area contributed by atoms with Crippen molar-refractivity contribution in [1.29, 1.82) is 0 Å². The molecule has 7 aromatic rings. The number of hydrogen-bond acceptors (Lipinski definition) is 2. The first kappa shape index (κ1) is 31.2. The Hall–Kier alpha value is -6.80. The number of benzene rings is 4. The van der Waals surface area contributed by atoms with Gasteiger partial charge >= 0.3 is 0 Å². The first-order valence-electron chi connectivity index (χ1n) is 16.6. The number of aromatic nitrogens is 4. The van der Waals surface area contributed by atoms with Crippen molar-refractivity contribution >= 4 is 46.4 Å². The highest BCUT2D eigenvalue weighted by atomic mass is 19.1. The number of hydrogen-bond donors (Lipinski definition) is 2. The van der Waals surface area contributed by atoms with Crippen LogP contribution < -0.4 is 0 Å². The second-order valence-electron chi connectivity index (χ2n) is 12.5. The predicted molar refractivity (Wildman–Crippen MR) is 200 cm³/mol. The molecular formula is C44H26F4N4. The van der Waals surface area contributed by atoms with Crippen molar-refractivity contribution in [2.75, 3.05) is 0 Å². The zero-order chi connectivity index (χ0) is 35.3. The Morgan fingerprint density at radius 3 is 0.808 bits per heavy atom. The summed E-state index contributed by atoms with van der Waals surface area (Å²) in [5, 5.41) is 0. The predicted octanol–water partition coefficient (Wildman–Crippen LogP) is 11.9. The topological polar surface area (TPSA) is 57.4 Å². The summed E-state index contributed by atoms with van der Waals surface area (Å²) in [6.45, 7) is 0. The largest absolute Gasteiger partial charge is 0.354 e. The highest BCUT2D eigenvalue weighted by molar-refractivity contribution is 5.99. The highest BCUT2D eigenvalue weighted by Gasteiger charge is 2.19. The molecule has 8 heteroatoms. The minimum absolute atomic E-state index is 0.410. The van der Waals surface area contributed by atoms with Gasteiger partial charge in [-0.2, -0.15) is 0 Å². The van der Waals surface area contributed by atoms with Crippen LogP contribution in [0.5, 0.6) is 0 Å². The molecule has 0 saturated heterocycles. The van der Waals surface area contributed by atoms with Crippen molar-refractivity contribution in [2.45, 2.75) is 0 Å². The normalized spacial score (nSPS) is 12.1. The van der Waals surface area contributed by atoms with Crippen molar-refractivity contribution in [3.8, 4) is 44.5 Å². The van der Waals surface area contributed by atoms with Gasteiger partial charge in [-0.05, 0) is 119 Å². The van der Waals surface area contributed by atoms with E-state index in [0.717, 1.165) is 0 Å². The molecule has 250 valence electrons. The molecule has 0 radical (unpaired) electrons. The van der Waals surface area contributed by atoms with Gasteiger partial charge in [0.05, 0.1) is 22.8 Å². The Morgan fingerprint density at radius 2 is 0.577 bits per heavy atom. The molecule has 2 aliphatic heterocycles. The maximum Gasteiger partial charge on any atom is 0.123 e. The van der Waals surface area contributed by atoms with Crippen molar-refractivity contribution in [3.05, 3.63) is 167 Å². The average molecular weight is 687 g/mol. The molecule has 52 heavy (non-hydrogen) atoms. The molecule has 3 aromatic heterocycles. The van der Waals surface area contributed by atoms with Crippen LogP contribution in [-0.2, 0) is 0 Å². The Morgan fingerprint density at radius 1 is 0.327 bits per heavy atom. The number of H-pyrrole nitrogens is 2. The van der Waals surface area contributed by atoms with Gasteiger partial charge in [0.25, 0.3) is 0 Å². The minimum Gasteiger partial charge on any atom is -0.354 e. The number of aromatic amines is 2. The maximum atomic E-state index is 14.8. The third-order valence-electron chi connectivity index (χ3n) is 9.21. The summed E-state index contributed by atoms with van der Waals surface area (Å²) in [4.78, 5) is 17.2. The van der Waals surface area contributed by atoms with Gasteiger partial charge in [-0.25, -0.2) is 27.5 Å². The van der Waals surface area contributed by atoms with Crippen molar-refractivity contribution in [3.63, 3.8) is 0 Å². The number of nitrogens with zero attached hydrogens (tertiary/aromatic N) is 2. The second kappa shape index (κ2) is 12.5. The smallest absolute Gasteiger partial charge is 0.123 e. The molecule has 4 nitrogen and oxygen atoms in total. The maximum absolute atomic E-state index is 14.8. The summed E-state index contributed by atoms with van der Waals surface area (Å²) in [5.41, 5.74) is 9.63. The summed E-state index contributed by atoms with van der Waals surface area (Å²) in [6.07, 6.45) is 7.40. The molecule has 4 aromatic carbocycles. The van der Waals surface area contributed by atoms with Gasteiger partial charge in [-0.1, -0.05) is 48.5 Å². The number of halogens is 4. The quantitative estimate of drug-likeness (QED) is 0.181. The van der Waals surface area contributed by atoms with E-state index in [1.54, 1.807) is 24.3 Å². The number of fused-ring (bicyclic) bond motifs is 8. The van der Waals surface area contributed by atoms with E-state index in [1.807, 2.05) is 72.8 Å². The molecule has 8 bridgehead atoms. The Balaban J connectivity index is 1.49. The molecule has 0 saturated carbocycles. The average Bonchev–Trinajstić information content (AvgIpc) is 3.96. The standard InChI is InChI=1S/C44H26F4N4/c45-29-9-1-5-25(21-29)41-33-13-15-35(49-33)42(26-6-2-10-30(46)22-26)37-17-19-39(51-37)44(28-8-4-12-32(48)24-28)40-20-18-38(52-40)43(36-16-14-34(41)50-36)27-7-3-11-31(47)23-27/h1-24,49,52H. The van der Waals surface area contributed by atoms with Crippen LogP contribution in [0.4, 0.5) is 17.6 Å². The van der Waals surface area contributed by atoms with Crippen LogP contribution in [-0.4, -0.2) is 19.9 Å². The summed E-state index contributed by atoms with van der Waals surface area (Å²) in [5.74, 6) is -1.64. The zero-order valence-electron chi connectivity index (χ0n) is 27.3. The second-order valence-corrected chi connectivity index (χ2v) is 12.5. The molecule has 0 spiro atoms. The van der Waals surface area contributed by atoms with Crippen molar-refractivity contribution in [2.24, 2.45) is 0 Å². The third kappa shape index (κ3) is 5.60. The van der Waals surface area contributed by atoms with E-state index in [-0.39, 0.29) is 0 Å². The summed E-state index contributed by atoms with van der Waals surface area (Å²) >= 11 is 0. The molecular weight excluding hydrogens is 661 g/mol. The van der Waals surface area contributed by atoms with E-state index in [9.17, 15) is 17.6 Å². The summed E-state index contributed by atoms with van der Waals surface area (Å²) in [6, 6.07) is 32.6. The fraction of sp³-hybridized carbons (Fsp3) is 0. The molecule has 9 rings (SSSR count). The monoisotopic (exact) mass is 686 g/mol. The van der Waals surface area contributed by atoms with E-state index >= 15 is 0 Å². The Labute approximate surface area is 295 Å².